The Kier molecular flexibility index (Phi) is 5.33. The average Bonchev–Trinajstić information content (AvgIpc) is 3.16. The Balaban J connectivity index is 1.78. The van der Waals surface area contributed by atoms with E-state index < -0.39 is 17.7 Å². The van der Waals surface area contributed by atoms with E-state index in [-0.39, 0.29) is 16.9 Å². The maximum atomic E-state index is 12.9. The number of nitrogens with one attached hydrogen (secondary N) is 1. The van der Waals surface area contributed by atoms with Crippen LogP contribution in [0.4, 0.5) is 10.1 Å². The van der Waals surface area contributed by atoms with Gasteiger partial charge in [-0.05, 0) is 48.5 Å². The second-order valence-electron chi connectivity index (χ2n) is 5.72. The summed E-state index contributed by atoms with van der Waals surface area (Å²) in [5.41, 5.74) is 0.969. The van der Waals surface area contributed by atoms with Crippen molar-refractivity contribution in [2.24, 2.45) is 0 Å². The molecule has 0 fully saturated rings. The highest BCUT2D eigenvalue weighted by atomic mass is 19.1. The number of anilines is 1. The van der Waals surface area contributed by atoms with Crippen LogP contribution in [0.5, 0.6) is 0 Å². The van der Waals surface area contributed by atoms with E-state index in [2.05, 4.69) is 5.32 Å². The summed E-state index contributed by atoms with van der Waals surface area (Å²) >= 11 is 0. The molecule has 0 atom stereocenters. The van der Waals surface area contributed by atoms with Gasteiger partial charge >= 0.3 is 5.97 Å². The second-order valence-corrected chi connectivity index (χ2v) is 5.72. The third kappa shape index (κ3) is 4.31. The maximum Gasteiger partial charge on any atom is 0.335 e. The van der Waals surface area contributed by atoms with Crippen molar-refractivity contribution in [3.05, 3.63) is 83.4 Å². The number of furan rings is 1. The highest BCUT2D eigenvalue weighted by molar-refractivity contribution is 6.09. The van der Waals surface area contributed by atoms with E-state index in [0.29, 0.717) is 17.0 Å². The molecule has 0 unspecified atom stereocenters. The number of carboxylic acid groups (broad SMARTS) is 1. The van der Waals surface area contributed by atoms with E-state index in [0.717, 1.165) is 0 Å². The average molecular weight is 376 g/mol. The first-order valence-corrected chi connectivity index (χ1v) is 8.08. The first-order chi connectivity index (χ1) is 13.5. The first kappa shape index (κ1) is 18.6. The van der Waals surface area contributed by atoms with Crippen LogP contribution in [0.2, 0.25) is 0 Å². The molecule has 0 radical (unpaired) electrons. The number of carbonyl (C=O) groups excluding carboxylic acids is 1. The number of hydrogen-bond donors (Lipinski definition) is 2. The van der Waals surface area contributed by atoms with Gasteiger partial charge in [0.25, 0.3) is 5.91 Å². The third-order valence-corrected chi connectivity index (χ3v) is 3.80. The number of aromatic carboxylic acids is 1. The molecule has 2 N–H and O–H groups in total. The van der Waals surface area contributed by atoms with E-state index in [1.165, 1.54) is 42.5 Å². The summed E-state index contributed by atoms with van der Waals surface area (Å²) in [7, 11) is 0. The van der Waals surface area contributed by atoms with Crippen LogP contribution in [0.25, 0.3) is 17.4 Å². The minimum atomic E-state index is -1.03. The zero-order valence-electron chi connectivity index (χ0n) is 14.3. The predicted molar refractivity (Wildman–Crippen MR) is 99.7 cm³/mol. The summed E-state index contributed by atoms with van der Waals surface area (Å²) < 4.78 is 18.5. The quantitative estimate of drug-likeness (QED) is 0.510. The van der Waals surface area contributed by atoms with Crippen molar-refractivity contribution in [3.63, 3.8) is 0 Å². The normalized spacial score (nSPS) is 10.9. The van der Waals surface area contributed by atoms with Crippen molar-refractivity contribution >= 4 is 23.6 Å². The fraction of sp³-hybridized carbons (Fsp3) is 0. The zero-order valence-corrected chi connectivity index (χ0v) is 14.3. The molecule has 0 saturated heterocycles. The Morgan fingerprint density at radius 2 is 1.71 bits per heavy atom. The molecule has 0 aliphatic carbocycles. The molecule has 0 aliphatic rings. The maximum absolute atomic E-state index is 12.9. The molecule has 3 rings (SSSR count). The highest BCUT2D eigenvalue weighted by Gasteiger charge is 2.12. The van der Waals surface area contributed by atoms with Crippen molar-refractivity contribution in [3.8, 4) is 17.4 Å². The van der Waals surface area contributed by atoms with Crippen LogP contribution in [0.1, 0.15) is 16.1 Å². The summed E-state index contributed by atoms with van der Waals surface area (Å²) in [6.45, 7) is 0. The number of nitrogens with zero attached hydrogens (tertiary/aromatic N) is 1. The Morgan fingerprint density at radius 3 is 2.32 bits per heavy atom. The molecule has 3 aromatic rings. The van der Waals surface area contributed by atoms with Gasteiger partial charge in [-0.1, -0.05) is 12.1 Å². The molecule has 138 valence electrons. The van der Waals surface area contributed by atoms with Gasteiger partial charge in [-0.3, -0.25) is 4.79 Å². The molecule has 1 heterocycles. The van der Waals surface area contributed by atoms with Gasteiger partial charge in [0, 0.05) is 17.3 Å². The summed E-state index contributed by atoms with van der Waals surface area (Å²) in [6.07, 6.45) is 1.29. The van der Waals surface area contributed by atoms with Crippen molar-refractivity contribution < 1.29 is 23.5 Å². The Hall–Kier alpha value is -4.18. The molecular weight excluding hydrogens is 363 g/mol. The number of amides is 1. The Bertz CT molecular complexity index is 1090. The van der Waals surface area contributed by atoms with E-state index in [4.69, 9.17) is 9.52 Å². The lowest BCUT2D eigenvalue weighted by Crippen LogP contribution is -2.13. The fourth-order valence-electron chi connectivity index (χ4n) is 2.39. The molecule has 1 aromatic heterocycles. The summed E-state index contributed by atoms with van der Waals surface area (Å²) in [5.74, 6) is -1.38. The molecule has 2 aromatic carbocycles. The number of halogens is 1. The van der Waals surface area contributed by atoms with E-state index in [1.54, 1.807) is 30.3 Å². The van der Waals surface area contributed by atoms with Gasteiger partial charge in [-0.15, -0.1) is 0 Å². The predicted octanol–water partition coefficient (Wildman–Crippen LogP) is 4.33. The standard InChI is InChI=1S/C21H13FN2O4/c22-16-5-7-17(8-6-16)24-20(25)15(12-23)11-18-9-10-19(28-18)13-1-3-14(4-2-13)21(26)27/h1-11H,(H,24,25)(H,26,27)/b15-11+. The van der Waals surface area contributed by atoms with E-state index in [1.807, 2.05) is 0 Å². The molecule has 0 aliphatic heterocycles. The highest BCUT2D eigenvalue weighted by Crippen LogP contribution is 2.24. The van der Waals surface area contributed by atoms with Crippen LogP contribution < -0.4 is 5.32 Å². The largest absolute Gasteiger partial charge is 0.478 e. The van der Waals surface area contributed by atoms with Crippen molar-refractivity contribution in [1.29, 1.82) is 5.26 Å². The van der Waals surface area contributed by atoms with Gasteiger partial charge in [-0.25, -0.2) is 9.18 Å². The molecule has 0 saturated carbocycles. The van der Waals surface area contributed by atoms with Gasteiger partial charge in [0.1, 0.15) is 29.0 Å². The van der Waals surface area contributed by atoms with Gasteiger partial charge in [0.2, 0.25) is 0 Å². The van der Waals surface area contributed by atoms with Crippen molar-refractivity contribution in [1.82, 2.24) is 0 Å². The molecular formula is C21H13FN2O4. The SMILES string of the molecule is N#C/C(=C\c1ccc(-c2ccc(C(=O)O)cc2)o1)C(=O)Nc1ccc(F)cc1. The molecule has 6 nitrogen and oxygen atoms in total. The summed E-state index contributed by atoms with van der Waals surface area (Å²) in [6, 6.07) is 16.3. The van der Waals surface area contributed by atoms with Gasteiger partial charge in [-0.2, -0.15) is 5.26 Å². The zero-order chi connectivity index (χ0) is 20.1. The number of carboxylic acids is 1. The minimum absolute atomic E-state index is 0.152. The molecule has 1 amide bonds. The van der Waals surface area contributed by atoms with Crippen LogP contribution in [-0.2, 0) is 4.79 Å². The lowest BCUT2D eigenvalue weighted by Gasteiger charge is -2.03. The first-order valence-electron chi connectivity index (χ1n) is 8.08. The number of carbonyl (C=O) groups is 2. The number of hydrogen-bond acceptors (Lipinski definition) is 4. The summed E-state index contributed by atoms with van der Waals surface area (Å²) in [5, 5.41) is 20.7. The lowest BCUT2D eigenvalue weighted by molar-refractivity contribution is -0.112. The third-order valence-electron chi connectivity index (χ3n) is 3.80. The molecule has 0 bridgehead atoms. The monoisotopic (exact) mass is 376 g/mol. The van der Waals surface area contributed by atoms with Gasteiger partial charge in [0.05, 0.1) is 5.56 Å². The van der Waals surface area contributed by atoms with Gasteiger partial charge < -0.3 is 14.8 Å². The number of benzene rings is 2. The van der Waals surface area contributed by atoms with Crippen LogP contribution in [0.3, 0.4) is 0 Å². The number of nitriles is 1. The fourth-order valence-corrected chi connectivity index (χ4v) is 2.39. The van der Waals surface area contributed by atoms with Crippen LogP contribution in [0.15, 0.2) is 70.7 Å². The summed E-state index contributed by atoms with van der Waals surface area (Å²) in [4.78, 5) is 23.1. The smallest absolute Gasteiger partial charge is 0.335 e. The minimum Gasteiger partial charge on any atom is -0.478 e. The second kappa shape index (κ2) is 8.01. The number of rotatable bonds is 5. The molecule has 7 heteroatoms. The Morgan fingerprint density at radius 1 is 1.04 bits per heavy atom. The lowest BCUT2D eigenvalue weighted by atomic mass is 10.1. The topological polar surface area (TPSA) is 103 Å². The van der Waals surface area contributed by atoms with E-state index >= 15 is 0 Å². The van der Waals surface area contributed by atoms with Crippen LogP contribution in [0, 0.1) is 17.1 Å². The van der Waals surface area contributed by atoms with Crippen molar-refractivity contribution in [2.45, 2.75) is 0 Å². The van der Waals surface area contributed by atoms with Crippen molar-refractivity contribution in [2.75, 3.05) is 5.32 Å². The molecule has 0 spiro atoms. The van der Waals surface area contributed by atoms with Crippen LogP contribution in [-0.4, -0.2) is 17.0 Å². The Labute approximate surface area is 159 Å². The van der Waals surface area contributed by atoms with Crippen LogP contribution >= 0.6 is 0 Å². The molecule has 28 heavy (non-hydrogen) atoms. The van der Waals surface area contributed by atoms with Gasteiger partial charge in [0.15, 0.2) is 0 Å². The van der Waals surface area contributed by atoms with E-state index in [9.17, 15) is 19.2 Å².